The van der Waals surface area contributed by atoms with Gasteiger partial charge < -0.3 is 9.84 Å². The quantitative estimate of drug-likeness (QED) is 0.325. The first kappa shape index (κ1) is 16.2. The van der Waals surface area contributed by atoms with Gasteiger partial charge in [0.1, 0.15) is 0 Å². The van der Waals surface area contributed by atoms with E-state index in [2.05, 4.69) is 6.58 Å². The second kappa shape index (κ2) is 13.2. The highest BCUT2D eigenvalue weighted by atomic mass is 16.5. The van der Waals surface area contributed by atoms with Crippen LogP contribution in [-0.2, 0) is 9.53 Å². The van der Waals surface area contributed by atoms with Gasteiger partial charge in [0.2, 0.25) is 0 Å². The maximum Gasteiger partial charge on any atom is 0.330 e. The molecular formula is C14H26O3. The molecule has 17 heavy (non-hydrogen) atoms. The van der Waals surface area contributed by atoms with Crippen LogP contribution in [0.4, 0.5) is 0 Å². The Bertz CT molecular complexity index is 190. The van der Waals surface area contributed by atoms with E-state index in [1.165, 1.54) is 38.2 Å². The lowest BCUT2D eigenvalue weighted by atomic mass is 10.1. The van der Waals surface area contributed by atoms with E-state index >= 15 is 0 Å². The number of esters is 1. The number of carbonyl (C=O) groups is 1. The Kier molecular flexibility index (Phi) is 12.6. The van der Waals surface area contributed by atoms with Gasteiger partial charge in [0.15, 0.2) is 0 Å². The molecule has 0 amide bonds. The van der Waals surface area contributed by atoms with Crippen molar-refractivity contribution in [3.63, 3.8) is 0 Å². The van der Waals surface area contributed by atoms with Crippen LogP contribution in [0.3, 0.4) is 0 Å². The maximum atomic E-state index is 10.7. The Morgan fingerprint density at radius 2 is 1.41 bits per heavy atom. The molecule has 0 aromatic carbocycles. The molecule has 0 rings (SSSR count). The fourth-order valence-corrected chi connectivity index (χ4v) is 1.68. The minimum absolute atomic E-state index is 0.323. The third-order valence-electron chi connectivity index (χ3n) is 2.71. The third-order valence-corrected chi connectivity index (χ3v) is 2.71. The average molecular weight is 242 g/mol. The summed E-state index contributed by atoms with van der Waals surface area (Å²) in [6.45, 7) is 4.18. The summed E-state index contributed by atoms with van der Waals surface area (Å²) in [4.78, 5) is 10.7. The molecule has 0 saturated heterocycles. The number of aliphatic hydroxyl groups is 1. The van der Waals surface area contributed by atoms with Crippen molar-refractivity contribution >= 4 is 5.97 Å². The van der Waals surface area contributed by atoms with Crippen molar-refractivity contribution < 1.29 is 14.6 Å². The lowest BCUT2D eigenvalue weighted by Crippen LogP contribution is -2.01. The summed E-state index contributed by atoms with van der Waals surface area (Å²) in [6, 6.07) is 0. The topological polar surface area (TPSA) is 46.5 Å². The highest BCUT2D eigenvalue weighted by molar-refractivity contribution is 5.81. The molecule has 0 unspecified atom stereocenters. The van der Waals surface area contributed by atoms with Crippen LogP contribution in [0.1, 0.15) is 57.8 Å². The number of aliphatic hydroxyl groups excluding tert-OH is 1. The lowest BCUT2D eigenvalue weighted by molar-refractivity contribution is -0.137. The van der Waals surface area contributed by atoms with Gasteiger partial charge in [-0.05, 0) is 12.8 Å². The summed E-state index contributed by atoms with van der Waals surface area (Å²) in [5.41, 5.74) is 0. The SMILES string of the molecule is C=CC(=O)OCCCCCCCCCCCO. The zero-order chi connectivity index (χ0) is 12.8. The van der Waals surface area contributed by atoms with Crippen molar-refractivity contribution in [1.82, 2.24) is 0 Å². The maximum absolute atomic E-state index is 10.7. The van der Waals surface area contributed by atoms with Crippen molar-refractivity contribution in [1.29, 1.82) is 0 Å². The number of hydrogen-bond donors (Lipinski definition) is 1. The monoisotopic (exact) mass is 242 g/mol. The predicted molar refractivity (Wildman–Crippen MR) is 69.8 cm³/mol. The van der Waals surface area contributed by atoms with E-state index in [0.29, 0.717) is 13.2 Å². The van der Waals surface area contributed by atoms with Crippen LogP contribution < -0.4 is 0 Å². The molecule has 3 nitrogen and oxygen atoms in total. The summed E-state index contributed by atoms with van der Waals surface area (Å²) < 4.78 is 4.88. The third kappa shape index (κ3) is 13.1. The molecule has 0 aromatic rings. The fourth-order valence-electron chi connectivity index (χ4n) is 1.68. The minimum Gasteiger partial charge on any atom is -0.463 e. The molecular weight excluding hydrogens is 216 g/mol. The molecule has 0 aliphatic carbocycles. The molecule has 1 N–H and O–H groups in total. The van der Waals surface area contributed by atoms with Gasteiger partial charge in [-0.3, -0.25) is 0 Å². The highest BCUT2D eigenvalue weighted by Crippen LogP contribution is 2.09. The molecule has 0 spiro atoms. The van der Waals surface area contributed by atoms with Gasteiger partial charge in [-0.1, -0.05) is 51.5 Å². The van der Waals surface area contributed by atoms with Crippen LogP contribution in [0, 0.1) is 0 Å². The average Bonchev–Trinajstić information content (AvgIpc) is 2.35. The molecule has 0 aliphatic heterocycles. The van der Waals surface area contributed by atoms with E-state index in [0.717, 1.165) is 25.7 Å². The van der Waals surface area contributed by atoms with Crippen LogP contribution >= 0.6 is 0 Å². The second-order valence-electron chi connectivity index (χ2n) is 4.28. The Hall–Kier alpha value is -0.830. The van der Waals surface area contributed by atoms with Gasteiger partial charge >= 0.3 is 5.97 Å². The molecule has 0 aromatic heterocycles. The van der Waals surface area contributed by atoms with Crippen LogP contribution in [0.15, 0.2) is 12.7 Å². The standard InChI is InChI=1S/C14H26O3/c1-2-14(16)17-13-11-9-7-5-3-4-6-8-10-12-15/h2,15H,1,3-13H2. The molecule has 0 fully saturated rings. The van der Waals surface area contributed by atoms with Crippen LogP contribution in [0.2, 0.25) is 0 Å². The first-order valence-corrected chi connectivity index (χ1v) is 6.71. The molecule has 100 valence electrons. The number of hydrogen-bond acceptors (Lipinski definition) is 3. The smallest absolute Gasteiger partial charge is 0.330 e. The first-order chi connectivity index (χ1) is 8.31. The summed E-state index contributed by atoms with van der Waals surface area (Å²) in [6.07, 6.45) is 11.6. The van der Waals surface area contributed by atoms with Gasteiger partial charge in [-0.15, -0.1) is 0 Å². The molecule has 0 radical (unpaired) electrons. The number of carbonyl (C=O) groups excluding carboxylic acids is 1. The summed E-state index contributed by atoms with van der Waals surface area (Å²) >= 11 is 0. The summed E-state index contributed by atoms with van der Waals surface area (Å²) in [7, 11) is 0. The lowest BCUT2D eigenvalue weighted by Gasteiger charge is -2.03. The summed E-state index contributed by atoms with van der Waals surface area (Å²) in [5.74, 6) is -0.325. The molecule has 0 saturated carbocycles. The van der Waals surface area contributed by atoms with E-state index in [1.54, 1.807) is 0 Å². The minimum atomic E-state index is -0.325. The normalized spacial score (nSPS) is 10.2. The molecule has 0 atom stereocenters. The Labute approximate surface area is 105 Å². The van der Waals surface area contributed by atoms with E-state index in [9.17, 15) is 4.79 Å². The second-order valence-corrected chi connectivity index (χ2v) is 4.28. The number of unbranched alkanes of at least 4 members (excludes halogenated alkanes) is 8. The Morgan fingerprint density at radius 1 is 0.941 bits per heavy atom. The molecule has 0 aliphatic rings. The van der Waals surface area contributed by atoms with Crippen LogP contribution in [-0.4, -0.2) is 24.3 Å². The van der Waals surface area contributed by atoms with Crippen LogP contribution in [0.5, 0.6) is 0 Å². The van der Waals surface area contributed by atoms with Gasteiger partial charge in [0.25, 0.3) is 0 Å². The van der Waals surface area contributed by atoms with Crippen molar-refractivity contribution in [2.75, 3.05) is 13.2 Å². The van der Waals surface area contributed by atoms with Gasteiger partial charge in [0.05, 0.1) is 6.61 Å². The number of rotatable bonds is 12. The van der Waals surface area contributed by atoms with Crippen molar-refractivity contribution in [2.24, 2.45) is 0 Å². The molecule has 3 heteroatoms. The van der Waals surface area contributed by atoms with E-state index in [-0.39, 0.29) is 5.97 Å². The highest BCUT2D eigenvalue weighted by Gasteiger charge is 1.95. The van der Waals surface area contributed by atoms with Crippen molar-refractivity contribution in [3.05, 3.63) is 12.7 Å². The fraction of sp³-hybridized carbons (Fsp3) is 0.786. The number of ether oxygens (including phenoxy) is 1. The zero-order valence-corrected chi connectivity index (χ0v) is 10.8. The largest absolute Gasteiger partial charge is 0.463 e. The van der Waals surface area contributed by atoms with E-state index < -0.39 is 0 Å². The van der Waals surface area contributed by atoms with Crippen molar-refractivity contribution in [2.45, 2.75) is 57.8 Å². The molecule has 0 bridgehead atoms. The molecule has 0 heterocycles. The van der Waals surface area contributed by atoms with Gasteiger partial charge in [-0.2, -0.15) is 0 Å². The predicted octanol–water partition coefficient (Wildman–Crippen LogP) is 3.22. The van der Waals surface area contributed by atoms with Crippen molar-refractivity contribution in [3.8, 4) is 0 Å². The van der Waals surface area contributed by atoms with Gasteiger partial charge in [-0.25, -0.2) is 4.79 Å². The van der Waals surface area contributed by atoms with Gasteiger partial charge in [0, 0.05) is 12.7 Å². The van der Waals surface area contributed by atoms with E-state index in [1.807, 2.05) is 0 Å². The zero-order valence-electron chi connectivity index (χ0n) is 10.8. The Morgan fingerprint density at radius 3 is 1.88 bits per heavy atom. The summed E-state index contributed by atoms with van der Waals surface area (Å²) in [5, 5.41) is 8.60. The van der Waals surface area contributed by atoms with Crippen LogP contribution in [0.25, 0.3) is 0 Å². The van der Waals surface area contributed by atoms with E-state index in [4.69, 9.17) is 9.84 Å². The Balaban J connectivity index is 2.98. The first-order valence-electron chi connectivity index (χ1n) is 6.71.